The average molecular weight is 246 g/mol. The number of benzene rings is 1. The molecule has 2 N–H and O–H groups in total. The van der Waals surface area contributed by atoms with Crippen LogP contribution in [0.2, 0.25) is 0 Å². The largest absolute Gasteiger partial charge is 0.496 e. The molecule has 0 fully saturated rings. The summed E-state index contributed by atoms with van der Waals surface area (Å²) in [5.41, 5.74) is 8.07. The standard InChI is InChI=1S/C14H15FN2O/c1-9-5-6-12(18-2)10(8-9)13(16)14-11(15)4-3-7-17-14/h3-8,13H,16H2,1-2H3. The van der Waals surface area contributed by atoms with Gasteiger partial charge in [0.25, 0.3) is 0 Å². The zero-order valence-electron chi connectivity index (χ0n) is 10.4. The van der Waals surface area contributed by atoms with E-state index >= 15 is 0 Å². The molecule has 1 aromatic heterocycles. The highest BCUT2D eigenvalue weighted by Gasteiger charge is 2.18. The number of aryl methyl sites for hydroxylation is 1. The van der Waals surface area contributed by atoms with Gasteiger partial charge in [0.1, 0.15) is 11.6 Å². The molecule has 0 aliphatic rings. The Morgan fingerprint density at radius 3 is 2.78 bits per heavy atom. The van der Waals surface area contributed by atoms with Gasteiger partial charge in [0, 0.05) is 11.8 Å². The number of pyridine rings is 1. The maximum atomic E-state index is 13.7. The van der Waals surface area contributed by atoms with E-state index in [1.165, 1.54) is 12.3 Å². The maximum Gasteiger partial charge on any atom is 0.146 e. The van der Waals surface area contributed by atoms with Crippen molar-refractivity contribution >= 4 is 0 Å². The highest BCUT2D eigenvalue weighted by molar-refractivity contribution is 5.42. The topological polar surface area (TPSA) is 48.1 Å². The van der Waals surface area contributed by atoms with Gasteiger partial charge in [0.05, 0.1) is 18.8 Å². The van der Waals surface area contributed by atoms with Gasteiger partial charge in [0.15, 0.2) is 0 Å². The summed E-state index contributed by atoms with van der Waals surface area (Å²) in [4.78, 5) is 4.00. The molecule has 0 amide bonds. The first-order valence-corrected chi connectivity index (χ1v) is 5.64. The average Bonchev–Trinajstić information content (AvgIpc) is 2.38. The van der Waals surface area contributed by atoms with E-state index in [-0.39, 0.29) is 5.69 Å². The number of nitrogens with zero attached hydrogens (tertiary/aromatic N) is 1. The number of rotatable bonds is 3. The van der Waals surface area contributed by atoms with Crippen molar-refractivity contribution in [3.05, 3.63) is 59.2 Å². The van der Waals surface area contributed by atoms with Gasteiger partial charge in [-0.15, -0.1) is 0 Å². The van der Waals surface area contributed by atoms with Crippen molar-refractivity contribution < 1.29 is 9.13 Å². The number of hydrogen-bond donors (Lipinski definition) is 1. The number of hydrogen-bond acceptors (Lipinski definition) is 3. The van der Waals surface area contributed by atoms with E-state index in [9.17, 15) is 4.39 Å². The molecular weight excluding hydrogens is 231 g/mol. The summed E-state index contributed by atoms with van der Waals surface area (Å²) in [5, 5.41) is 0. The van der Waals surface area contributed by atoms with Crippen LogP contribution in [0.15, 0.2) is 36.5 Å². The summed E-state index contributed by atoms with van der Waals surface area (Å²) in [6.07, 6.45) is 1.53. The Balaban J connectivity index is 2.48. The Morgan fingerprint density at radius 1 is 1.33 bits per heavy atom. The van der Waals surface area contributed by atoms with Gasteiger partial charge in [-0.05, 0) is 25.1 Å². The lowest BCUT2D eigenvalue weighted by Gasteiger charge is -2.16. The fraction of sp³-hybridized carbons (Fsp3) is 0.214. The highest BCUT2D eigenvalue weighted by atomic mass is 19.1. The fourth-order valence-electron chi connectivity index (χ4n) is 1.87. The Hall–Kier alpha value is -1.94. The van der Waals surface area contributed by atoms with E-state index in [1.807, 2.05) is 25.1 Å². The third-order valence-electron chi connectivity index (χ3n) is 2.80. The lowest BCUT2D eigenvalue weighted by atomic mass is 10.0. The number of ether oxygens (including phenoxy) is 1. The molecule has 1 atom stereocenters. The second-order valence-electron chi connectivity index (χ2n) is 4.09. The van der Waals surface area contributed by atoms with Gasteiger partial charge in [0.2, 0.25) is 0 Å². The normalized spacial score (nSPS) is 12.2. The minimum Gasteiger partial charge on any atom is -0.496 e. The van der Waals surface area contributed by atoms with Gasteiger partial charge < -0.3 is 10.5 Å². The van der Waals surface area contributed by atoms with E-state index < -0.39 is 11.9 Å². The van der Waals surface area contributed by atoms with Crippen LogP contribution in [0, 0.1) is 12.7 Å². The molecular formula is C14H15FN2O. The fourth-order valence-corrected chi connectivity index (χ4v) is 1.87. The molecule has 4 heteroatoms. The molecule has 2 aromatic rings. The van der Waals surface area contributed by atoms with Crippen molar-refractivity contribution in [2.75, 3.05) is 7.11 Å². The predicted molar refractivity (Wildman–Crippen MR) is 68.0 cm³/mol. The third kappa shape index (κ3) is 2.33. The minimum absolute atomic E-state index is 0.224. The van der Waals surface area contributed by atoms with Gasteiger partial charge in [-0.1, -0.05) is 17.7 Å². The molecule has 0 aliphatic heterocycles. The summed E-state index contributed by atoms with van der Waals surface area (Å²) >= 11 is 0. The van der Waals surface area contributed by atoms with Crippen LogP contribution in [0.3, 0.4) is 0 Å². The van der Waals surface area contributed by atoms with Gasteiger partial charge in [-0.2, -0.15) is 0 Å². The van der Waals surface area contributed by atoms with Crippen molar-refractivity contribution in [1.29, 1.82) is 0 Å². The first kappa shape index (κ1) is 12.5. The van der Waals surface area contributed by atoms with Crippen molar-refractivity contribution in [3.63, 3.8) is 0 Å². The van der Waals surface area contributed by atoms with E-state index in [1.54, 1.807) is 13.2 Å². The Bertz CT molecular complexity index is 557. The molecule has 0 saturated carbocycles. The van der Waals surface area contributed by atoms with Gasteiger partial charge in [-0.3, -0.25) is 4.98 Å². The van der Waals surface area contributed by atoms with Crippen LogP contribution in [0.5, 0.6) is 5.75 Å². The minimum atomic E-state index is -0.638. The van der Waals surface area contributed by atoms with Crippen molar-refractivity contribution in [2.45, 2.75) is 13.0 Å². The van der Waals surface area contributed by atoms with Crippen LogP contribution < -0.4 is 10.5 Å². The van der Waals surface area contributed by atoms with Crippen molar-refractivity contribution in [2.24, 2.45) is 5.73 Å². The Morgan fingerprint density at radius 2 is 2.11 bits per heavy atom. The van der Waals surface area contributed by atoms with E-state index in [0.717, 1.165) is 11.1 Å². The number of aromatic nitrogens is 1. The molecule has 1 aromatic carbocycles. The van der Waals surface area contributed by atoms with Crippen LogP contribution in [-0.2, 0) is 0 Å². The summed E-state index contributed by atoms with van der Waals surface area (Å²) in [6.45, 7) is 1.95. The molecule has 0 bridgehead atoms. The summed E-state index contributed by atoms with van der Waals surface area (Å²) < 4.78 is 18.9. The third-order valence-corrected chi connectivity index (χ3v) is 2.80. The zero-order valence-corrected chi connectivity index (χ0v) is 10.4. The smallest absolute Gasteiger partial charge is 0.146 e. The van der Waals surface area contributed by atoms with Gasteiger partial charge >= 0.3 is 0 Å². The second-order valence-corrected chi connectivity index (χ2v) is 4.09. The molecule has 0 radical (unpaired) electrons. The zero-order chi connectivity index (χ0) is 13.1. The summed E-state index contributed by atoms with van der Waals surface area (Å²) in [5.74, 6) is 0.228. The molecule has 18 heavy (non-hydrogen) atoms. The second kappa shape index (κ2) is 5.14. The van der Waals surface area contributed by atoms with Crippen LogP contribution in [0.25, 0.3) is 0 Å². The Labute approximate surface area is 105 Å². The maximum absolute atomic E-state index is 13.7. The van der Waals surface area contributed by atoms with Crippen LogP contribution in [0.1, 0.15) is 22.9 Å². The first-order chi connectivity index (χ1) is 8.63. The summed E-state index contributed by atoms with van der Waals surface area (Å²) in [7, 11) is 1.57. The monoisotopic (exact) mass is 246 g/mol. The van der Waals surface area contributed by atoms with Crippen molar-refractivity contribution in [3.8, 4) is 5.75 Å². The first-order valence-electron chi connectivity index (χ1n) is 5.64. The summed E-state index contributed by atoms with van der Waals surface area (Å²) in [6, 6.07) is 7.89. The van der Waals surface area contributed by atoms with E-state index in [2.05, 4.69) is 4.98 Å². The molecule has 0 spiro atoms. The highest BCUT2D eigenvalue weighted by Crippen LogP contribution is 2.29. The van der Waals surface area contributed by atoms with Crippen LogP contribution in [-0.4, -0.2) is 12.1 Å². The molecule has 1 unspecified atom stereocenters. The molecule has 1 heterocycles. The van der Waals surface area contributed by atoms with Crippen LogP contribution in [0.4, 0.5) is 4.39 Å². The molecule has 2 rings (SSSR count). The molecule has 0 aliphatic carbocycles. The number of halogens is 1. The predicted octanol–water partition coefficient (Wildman–Crippen LogP) is 2.59. The lowest BCUT2D eigenvalue weighted by Crippen LogP contribution is -2.16. The number of methoxy groups -OCH3 is 1. The van der Waals surface area contributed by atoms with E-state index in [0.29, 0.717) is 5.75 Å². The van der Waals surface area contributed by atoms with Crippen molar-refractivity contribution in [1.82, 2.24) is 4.98 Å². The lowest BCUT2D eigenvalue weighted by molar-refractivity contribution is 0.407. The van der Waals surface area contributed by atoms with E-state index in [4.69, 9.17) is 10.5 Å². The SMILES string of the molecule is COc1ccc(C)cc1C(N)c1ncccc1F. The molecule has 94 valence electrons. The quantitative estimate of drug-likeness (QED) is 0.905. The number of nitrogens with two attached hydrogens (primary N) is 1. The Kier molecular flexibility index (Phi) is 3.58. The van der Waals surface area contributed by atoms with Crippen LogP contribution >= 0.6 is 0 Å². The van der Waals surface area contributed by atoms with Gasteiger partial charge in [-0.25, -0.2) is 4.39 Å². The molecule has 3 nitrogen and oxygen atoms in total. The molecule has 0 saturated heterocycles.